The number of rotatable bonds is 7. The van der Waals surface area contributed by atoms with Gasteiger partial charge in [-0.25, -0.2) is 0 Å². The van der Waals surface area contributed by atoms with Crippen LogP contribution >= 0.6 is 0 Å². The monoisotopic (exact) mass is 202 g/mol. The van der Waals surface area contributed by atoms with Crippen LogP contribution in [-0.4, -0.2) is 29.6 Å². The smallest absolute Gasteiger partial charge is 0.302 e. The number of hydrogen-bond acceptors (Lipinski definition) is 4. The van der Waals surface area contributed by atoms with Crippen LogP contribution in [0.1, 0.15) is 39.5 Å². The molecule has 0 radical (unpaired) electrons. The molecule has 0 aromatic carbocycles. The molecule has 14 heavy (non-hydrogen) atoms. The zero-order chi connectivity index (χ0) is 11.0. The lowest BCUT2D eigenvalue weighted by atomic mass is 10.1. The van der Waals surface area contributed by atoms with Gasteiger partial charge in [0, 0.05) is 19.8 Å². The average Bonchev–Trinajstić information content (AvgIpc) is 2.13. The van der Waals surface area contributed by atoms with Gasteiger partial charge in [-0.15, -0.1) is 0 Å². The van der Waals surface area contributed by atoms with Crippen molar-refractivity contribution in [1.29, 1.82) is 0 Å². The lowest BCUT2D eigenvalue weighted by Crippen LogP contribution is -2.22. The van der Waals surface area contributed by atoms with E-state index >= 15 is 0 Å². The van der Waals surface area contributed by atoms with Crippen molar-refractivity contribution in [3.05, 3.63) is 0 Å². The molecule has 4 nitrogen and oxygen atoms in total. The van der Waals surface area contributed by atoms with E-state index in [1.54, 1.807) is 0 Å². The van der Waals surface area contributed by atoms with E-state index in [1.165, 1.54) is 6.92 Å². The molecule has 1 unspecified atom stereocenters. The van der Waals surface area contributed by atoms with Gasteiger partial charge in [-0.3, -0.25) is 9.59 Å². The second-order valence-electron chi connectivity index (χ2n) is 3.21. The van der Waals surface area contributed by atoms with Crippen molar-refractivity contribution in [3.8, 4) is 0 Å². The molecule has 0 saturated heterocycles. The first-order chi connectivity index (χ1) is 6.57. The van der Waals surface area contributed by atoms with Crippen molar-refractivity contribution in [1.82, 2.24) is 0 Å². The number of ether oxygens (including phenoxy) is 1. The quantitative estimate of drug-likeness (QED) is 0.627. The zero-order valence-electron chi connectivity index (χ0n) is 8.78. The van der Waals surface area contributed by atoms with Gasteiger partial charge in [0.05, 0.1) is 6.61 Å². The molecule has 0 aliphatic heterocycles. The largest absolute Gasteiger partial charge is 0.466 e. The molecule has 0 fully saturated rings. The first-order valence-electron chi connectivity index (χ1n) is 4.92. The highest BCUT2D eigenvalue weighted by molar-refractivity contribution is 5.82. The van der Waals surface area contributed by atoms with Crippen molar-refractivity contribution < 1.29 is 19.4 Å². The number of hydrogen-bond donors (Lipinski definition) is 1. The molecule has 1 atom stereocenters. The van der Waals surface area contributed by atoms with Crippen molar-refractivity contribution in [2.45, 2.75) is 45.6 Å². The highest BCUT2D eigenvalue weighted by Gasteiger charge is 2.14. The Morgan fingerprint density at radius 3 is 2.57 bits per heavy atom. The molecule has 0 bridgehead atoms. The van der Waals surface area contributed by atoms with E-state index < -0.39 is 12.1 Å². The fourth-order valence-electron chi connectivity index (χ4n) is 0.993. The molecule has 0 aliphatic carbocycles. The number of Topliss-reactive ketones (excluding diaryl/α,β-unsaturated/α-hetero) is 1. The third kappa shape index (κ3) is 6.60. The van der Waals surface area contributed by atoms with E-state index in [1.807, 2.05) is 6.92 Å². The van der Waals surface area contributed by atoms with Crippen molar-refractivity contribution in [2.24, 2.45) is 0 Å². The van der Waals surface area contributed by atoms with Gasteiger partial charge in [0.1, 0.15) is 6.10 Å². The van der Waals surface area contributed by atoms with Crippen LogP contribution < -0.4 is 0 Å². The van der Waals surface area contributed by atoms with Crippen LogP contribution in [0.15, 0.2) is 0 Å². The van der Waals surface area contributed by atoms with Crippen LogP contribution in [0, 0.1) is 0 Å². The molecular weight excluding hydrogens is 184 g/mol. The van der Waals surface area contributed by atoms with E-state index in [0.717, 1.165) is 12.8 Å². The molecule has 0 aliphatic rings. The first-order valence-corrected chi connectivity index (χ1v) is 4.92. The maximum absolute atomic E-state index is 11.2. The molecule has 0 aromatic rings. The Hall–Kier alpha value is -0.900. The molecular formula is C10H18O4. The fraction of sp³-hybridized carbons (Fsp3) is 0.800. The molecule has 0 amide bonds. The van der Waals surface area contributed by atoms with Gasteiger partial charge in [-0.05, 0) is 6.42 Å². The number of aliphatic hydroxyl groups excluding tert-OH is 1. The standard InChI is InChI=1S/C10H18O4/c1-3-4-5-9(12)10(13)6-7-14-8(2)11/h10,13H,3-7H2,1-2H3. The van der Waals surface area contributed by atoms with Gasteiger partial charge in [-0.2, -0.15) is 0 Å². The molecule has 4 heteroatoms. The zero-order valence-corrected chi connectivity index (χ0v) is 8.78. The summed E-state index contributed by atoms with van der Waals surface area (Å²) in [6.07, 6.45) is 1.34. The number of aliphatic hydroxyl groups is 1. The number of carbonyl (C=O) groups is 2. The van der Waals surface area contributed by atoms with Crippen LogP contribution in [0.4, 0.5) is 0 Å². The van der Waals surface area contributed by atoms with Crippen LogP contribution in [0.3, 0.4) is 0 Å². The van der Waals surface area contributed by atoms with E-state index in [0.29, 0.717) is 6.42 Å². The normalized spacial score (nSPS) is 12.2. The topological polar surface area (TPSA) is 63.6 Å². The summed E-state index contributed by atoms with van der Waals surface area (Å²) in [4.78, 5) is 21.6. The van der Waals surface area contributed by atoms with Crippen molar-refractivity contribution >= 4 is 11.8 Å². The van der Waals surface area contributed by atoms with Crippen LogP contribution in [0.5, 0.6) is 0 Å². The molecule has 0 heterocycles. The maximum Gasteiger partial charge on any atom is 0.302 e. The Morgan fingerprint density at radius 1 is 1.43 bits per heavy atom. The molecule has 0 rings (SSSR count). The molecule has 0 saturated carbocycles. The number of esters is 1. The fourth-order valence-corrected chi connectivity index (χ4v) is 0.993. The van der Waals surface area contributed by atoms with E-state index in [9.17, 15) is 14.7 Å². The third-order valence-corrected chi connectivity index (χ3v) is 1.85. The Morgan fingerprint density at radius 2 is 2.07 bits per heavy atom. The predicted octanol–water partition coefficient (Wildman–Crippen LogP) is 1.06. The minimum absolute atomic E-state index is 0.106. The number of unbranched alkanes of at least 4 members (excludes halogenated alkanes) is 1. The first kappa shape index (κ1) is 13.1. The van der Waals surface area contributed by atoms with E-state index in [-0.39, 0.29) is 18.8 Å². The minimum Gasteiger partial charge on any atom is -0.466 e. The Balaban J connectivity index is 3.56. The van der Waals surface area contributed by atoms with Crippen LogP contribution in [0.25, 0.3) is 0 Å². The molecule has 82 valence electrons. The van der Waals surface area contributed by atoms with E-state index in [4.69, 9.17) is 0 Å². The van der Waals surface area contributed by atoms with Gasteiger partial charge in [0.25, 0.3) is 0 Å². The highest BCUT2D eigenvalue weighted by atomic mass is 16.5. The lowest BCUT2D eigenvalue weighted by Gasteiger charge is -2.08. The average molecular weight is 202 g/mol. The summed E-state index contributed by atoms with van der Waals surface area (Å²) in [5.74, 6) is -0.558. The molecule has 0 spiro atoms. The van der Waals surface area contributed by atoms with Gasteiger partial charge < -0.3 is 9.84 Å². The van der Waals surface area contributed by atoms with E-state index in [2.05, 4.69) is 4.74 Å². The molecule has 1 N–H and O–H groups in total. The lowest BCUT2D eigenvalue weighted by molar-refractivity contribution is -0.143. The Bertz CT molecular complexity index is 189. The van der Waals surface area contributed by atoms with Gasteiger partial charge in [0.2, 0.25) is 0 Å². The maximum atomic E-state index is 11.2. The summed E-state index contributed by atoms with van der Waals surface area (Å²) in [5.41, 5.74) is 0. The number of carbonyl (C=O) groups excluding carboxylic acids is 2. The second-order valence-corrected chi connectivity index (χ2v) is 3.21. The SMILES string of the molecule is CCCCC(=O)C(O)CCOC(C)=O. The third-order valence-electron chi connectivity index (χ3n) is 1.85. The Kier molecular flexibility index (Phi) is 7.02. The van der Waals surface area contributed by atoms with Gasteiger partial charge in [0.15, 0.2) is 5.78 Å². The minimum atomic E-state index is -0.985. The van der Waals surface area contributed by atoms with Crippen molar-refractivity contribution in [3.63, 3.8) is 0 Å². The number of ketones is 1. The van der Waals surface area contributed by atoms with Gasteiger partial charge in [-0.1, -0.05) is 13.3 Å². The van der Waals surface area contributed by atoms with Crippen LogP contribution in [0.2, 0.25) is 0 Å². The summed E-state index contributed by atoms with van der Waals surface area (Å²) in [7, 11) is 0. The molecule has 0 aromatic heterocycles. The summed E-state index contributed by atoms with van der Waals surface area (Å²) in [6, 6.07) is 0. The summed E-state index contributed by atoms with van der Waals surface area (Å²) in [6.45, 7) is 3.39. The summed E-state index contributed by atoms with van der Waals surface area (Å²) >= 11 is 0. The van der Waals surface area contributed by atoms with Crippen molar-refractivity contribution in [2.75, 3.05) is 6.61 Å². The highest BCUT2D eigenvalue weighted by Crippen LogP contribution is 2.02. The Labute approximate surface area is 84.3 Å². The predicted molar refractivity (Wildman–Crippen MR) is 51.8 cm³/mol. The summed E-state index contributed by atoms with van der Waals surface area (Å²) < 4.78 is 4.62. The summed E-state index contributed by atoms with van der Waals surface area (Å²) in [5, 5.41) is 9.32. The second kappa shape index (κ2) is 7.50. The van der Waals surface area contributed by atoms with Gasteiger partial charge >= 0.3 is 5.97 Å². The van der Waals surface area contributed by atoms with Crippen LogP contribution in [-0.2, 0) is 14.3 Å².